The van der Waals surface area contributed by atoms with Crippen LogP contribution < -0.4 is 4.73 Å². The van der Waals surface area contributed by atoms with Gasteiger partial charge in [0.2, 0.25) is 5.91 Å². The molecule has 0 N–H and O–H groups in total. The van der Waals surface area contributed by atoms with Gasteiger partial charge in [0.1, 0.15) is 2.74 Å². The second-order valence-electron chi connectivity index (χ2n) is 3.24. The molecule has 0 radical (unpaired) electrons. The van der Waals surface area contributed by atoms with E-state index < -0.39 is 24.4 Å². The SMILES string of the molecule is [2H]c1c([2H])c([2H])[n+]([O-])c([2H])c1[13CH]1[13CH2]CC(=O)N1C. The second kappa shape index (κ2) is 3.29. The summed E-state index contributed by atoms with van der Waals surface area (Å²) in [4.78, 5) is 12.8. The van der Waals surface area contributed by atoms with Crippen LogP contribution in [-0.4, -0.2) is 17.9 Å². The quantitative estimate of drug-likeness (QED) is 0.377. The summed E-state index contributed by atoms with van der Waals surface area (Å²) in [5.41, 5.74) is 0.0550. The van der Waals surface area contributed by atoms with Gasteiger partial charge in [0, 0.05) is 25.1 Å². The fraction of sp³-hybridized carbons (Fsp3) is 0.400. The monoisotopic (exact) mass is 198 g/mol. The molecule has 1 saturated heterocycles. The van der Waals surface area contributed by atoms with E-state index in [4.69, 9.17) is 5.48 Å². The van der Waals surface area contributed by atoms with E-state index in [1.807, 2.05) is 0 Å². The van der Waals surface area contributed by atoms with Gasteiger partial charge < -0.3 is 10.1 Å². The van der Waals surface area contributed by atoms with Crippen LogP contribution in [-0.2, 0) is 4.79 Å². The predicted octanol–water partition coefficient (Wildman–Crippen LogP) is 0.613. The van der Waals surface area contributed by atoms with Crippen LogP contribution in [0.1, 0.15) is 29.9 Å². The van der Waals surface area contributed by atoms with Crippen molar-refractivity contribution in [3.05, 3.63) is 35.2 Å². The summed E-state index contributed by atoms with van der Waals surface area (Å²) in [6.07, 6.45) is -0.507. The normalized spacial score (nSPS) is 25.6. The Bertz CT molecular complexity index is 506. The lowest BCUT2D eigenvalue weighted by atomic mass is 10.3. The van der Waals surface area contributed by atoms with Gasteiger partial charge >= 0.3 is 0 Å². The molecule has 4 heteroatoms. The van der Waals surface area contributed by atoms with Crippen molar-refractivity contribution in [3.8, 4) is 0 Å². The molecule has 1 aromatic heterocycles. The molecule has 4 nitrogen and oxygen atoms in total. The van der Waals surface area contributed by atoms with Crippen molar-refractivity contribution in [1.29, 1.82) is 0 Å². The fourth-order valence-corrected chi connectivity index (χ4v) is 1.61. The molecule has 0 aromatic carbocycles. The maximum Gasteiger partial charge on any atom is 0.222 e. The summed E-state index contributed by atoms with van der Waals surface area (Å²) >= 11 is 0. The van der Waals surface area contributed by atoms with Gasteiger partial charge in [-0.25, -0.2) is 0 Å². The van der Waals surface area contributed by atoms with Gasteiger partial charge in [-0.15, -0.1) is 0 Å². The summed E-state index contributed by atoms with van der Waals surface area (Å²) in [7, 11) is 1.55. The van der Waals surface area contributed by atoms with Crippen LogP contribution in [0.15, 0.2) is 24.4 Å². The molecule has 14 heavy (non-hydrogen) atoms. The fourth-order valence-electron chi connectivity index (χ4n) is 1.61. The zero-order valence-corrected chi connectivity index (χ0v) is 7.70. The lowest BCUT2D eigenvalue weighted by molar-refractivity contribution is -0.606. The van der Waals surface area contributed by atoms with Gasteiger partial charge in [-0.2, -0.15) is 4.73 Å². The molecule has 1 fully saturated rings. The van der Waals surface area contributed by atoms with Crippen molar-refractivity contribution < 1.29 is 15.0 Å². The molecule has 0 saturated carbocycles. The highest BCUT2D eigenvalue weighted by atomic mass is 16.5. The topological polar surface area (TPSA) is 47.2 Å². The number of carbonyl (C=O) groups is 1. The van der Waals surface area contributed by atoms with Gasteiger partial charge in [-0.05, 0) is 12.5 Å². The molecular weight excluding hydrogens is 182 g/mol. The first-order valence-corrected chi connectivity index (χ1v) is 4.31. The first-order chi connectivity index (χ1) is 8.36. The molecule has 1 unspecified atom stereocenters. The van der Waals surface area contributed by atoms with Crippen molar-refractivity contribution in [2.45, 2.75) is 18.9 Å². The standard InChI is InChI=1S/C10H12N2O2/c1-11-9(4-5-10(11)13)8-3-2-6-12(14)7-8/h2-3,6-7,9H,4-5H2,1H3/i2D,3D,4+1,6D,7D,9+1. The number of likely N-dealkylation sites (tertiary alicyclic amines) is 1. The lowest BCUT2D eigenvalue weighted by Crippen LogP contribution is -2.28. The highest BCUT2D eigenvalue weighted by molar-refractivity contribution is 5.78. The van der Waals surface area contributed by atoms with E-state index in [-0.39, 0.29) is 22.2 Å². The first-order valence-electron chi connectivity index (χ1n) is 6.31. The van der Waals surface area contributed by atoms with Gasteiger partial charge in [0.05, 0.1) is 8.78 Å². The molecule has 0 aliphatic carbocycles. The van der Waals surface area contributed by atoms with E-state index >= 15 is 0 Å². The number of carbonyl (C=O) groups excluding carboxylic acids is 1. The molecule has 0 spiro atoms. The number of pyridine rings is 1. The van der Waals surface area contributed by atoms with E-state index in [9.17, 15) is 10.0 Å². The molecule has 2 rings (SSSR count). The van der Waals surface area contributed by atoms with Gasteiger partial charge in [0.25, 0.3) is 0 Å². The van der Waals surface area contributed by atoms with E-state index in [0.717, 1.165) is 0 Å². The van der Waals surface area contributed by atoms with Crippen LogP contribution in [0.4, 0.5) is 0 Å². The Labute approximate surface area is 88.0 Å². The zero-order chi connectivity index (χ0) is 13.6. The summed E-state index contributed by atoms with van der Waals surface area (Å²) in [5.74, 6) is -0.113. The Balaban J connectivity index is 2.62. The average molecular weight is 198 g/mol. The lowest BCUT2D eigenvalue weighted by Gasteiger charge is -2.18. The number of aromatic nitrogens is 1. The van der Waals surface area contributed by atoms with E-state index in [1.165, 1.54) is 4.90 Å². The minimum Gasteiger partial charge on any atom is -0.619 e. The second-order valence-corrected chi connectivity index (χ2v) is 3.24. The smallest absolute Gasteiger partial charge is 0.222 e. The van der Waals surface area contributed by atoms with Gasteiger partial charge in [-0.3, -0.25) is 4.79 Å². The van der Waals surface area contributed by atoms with Crippen LogP contribution in [0.5, 0.6) is 0 Å². The van der Waals surface area contributed by atoms with Crippen molar-refractivity contribution in [1.82, 2.24) is 4.90 Å². The third kappa shape index (κ3) is 1.43. The summed E-state index contributed by atoms with van der Waals surface area (Å²) < 4.78 is 30.3. The van der Waals surface area contributed by atoms with Crippen molar-refractivity contribution >= 4 is 5.91 Å². The van der Waals surface area contributed by atoms with Crippen molar-refractivity contribution in [3.63, 3.8) is 0 Å². The Morgan fingerprint density at radius 3 is 3.21 bits per heavy atom. The summed E-state index contributed by atoms with van der Waals surface area (Å²) in [6, 6.07) is -1.35. The minimum absolute atomic E-state index is 0.0202. The predicted molar refractivity (Wildman–Crippen MR) is 50.1 cm³/mol. The maximum absolute atomic E-state index is 11.5. The van der Waals surface area contributed by atoms with Crippen LogP contribution in [0.25, 0.3) is 0 Å². The summed E-state index contributed by atoms with van der Waals surface area (Å²) in [5, 5.41) is 11.5. The number of nitrogens with zero attached hydrogens (tertiary/aromatic N) is 2. The zero-order valence-electron chi connectivity index (χ0n) is 11.7. The maximum atomic E-state index is 11.5. The van der Waals surface area contributed by atoms with E-state index in [2.05, 4.69) is 0 Å². The van der Waals surface area contributed by atoms with Crippen molar-refractivity contribution in [2.24, 2.45) is 0 Å². The molecule has 0 bridgehead atoms. The third-order valence-electron chi connectivity index (χ3n) is 2.40. The molecular formula is C10H12N2O2. The molecule has 74 valence electrons. The molecule has 2 heterocycles. The molecule has 1 atom stereocenters. The highest BCUT2D eigenvalue weighted by Crippen LogP contribution is 2.30. The number of hydrogen-bond donors (Lipinski definition) is 0. The number of rotatable bonds is 1. The molecule has 1 aliphatic rings. The molecule has 1 aromatic rings. The molecule has 1 amide bonds. The average Bonchev–Trinajstić information content (AvgIpc) is 2.66. The van der Waals surface area contributed by atoms with Crippen LogP contribution in [0, 0.1) is 5.21 Å². The Kier molecular flexibility index (Phi) is 1.25. The molecule has 1 aliphatic heterocycles. The Hall–Kier alpha value is -1.58. The highest BCUT2D eigenvalue weighted by Gasteiger charge is 2.29. The minimum atomic E-state index is -0.708. The van der Waals surface area contributed by atoms with Gasteiger partial charge in [0.15, 0.2) is 12.3 Å². The third-order valence-corrected chi connectivity index (χ3v) is 2.40. The summed E-state index contributed by atoms with van der Waals surface area (Å²) in [6.45, 7) is 0. The Morgan fingerprint density at radius 1 is 1.79 bits per heavy atom. The Morgan fingerprint density at radius 2 is 2.57 bits per heavy atom. The van der Waals surface area contributed by atoms with Crippen LogP contribution >= 0.6 is 0 Å². The van der Waals surface area contributed by atoms with Crippen molar-refractivity contribution in [2.75, 3.05) is 7.05 Å². The number of amides is 1. The van der Waals surface area contributed by atoms with E-state index in [0.29, 0.717) is 12.8 Å². The van der Waals surface area contributed by atoms with E-state index in [1.54, 1.807) is 7.05 Å². The number of hydrogen-bond acceptors (Lipinski definition) is 2. The first kappa shape index (κ1) is 5.34. The van der Waals surface area contributed by atoms with Crippen LogP contribution in [0.2, 0.25) is 0 Å². The van der Waals surface area contributed by atoms with Crippen LogP contribution in [0.3, 0.4) is 0 Å². The largest absolute Gasteiger partial charge is 0.619 e. The van der Waals surface area contributed by atoms with Gasteiger partial charge in [-0.1, -0.05) is 0 Å².